The second-order valence-electron chi connectivity index (χ2n) is 4.03. The maximum absolute atomic E-state index is 11.5. The number of nitrogens with zero attached hydrogens (tertiary/aromatic N) is 3. The summed E-state index contributed by atoms with van der Waals surface area (Å²) < 4.78 is 1.80. The molecule has 16 heavy (non-hydrogen) atoms. The number of hydrogen-bond acceptors (Lipinski definition) is 2. The molecule has 0 radical (unpaired) electrons. The number of aromatic nitrogens is 3. The molecule has 4 nitrogen and oxygen atoms in total. The van der Waals surface area contributed by atoms with Crippen LogP contribution in [0.25, 0.3) is 11.0 Å². The Morgan fingerprint density at radius 3 is 2.88 bits per heavy atom. The fourth-order valence-corrected chi connectivity index (χ4v) is 1.89. The fourth-order valence-electron chi connectivity index (χ4n) is 1.89. The molecular formula is C12H17N3O. The highest BCUT2D eigenvalue weighted by molar-refractivity contribution is 5.70. The molecule has 0 saturated heterocycles. The number of aryl methyl sites for hydroxylation is 1. The van der Waals surface area contributed by atoms with Crippen LogP contribution in [0.5, 0.6) is 0 Å². The standard InChI is InChI=1S/C12H17N3O/c1-2-3-4-7-10-14-11-8-5-6-9-12(11)15(16)13-14/h5-6,8-9H,2-4,7,10H2,1H3. The Morgan fingerprint density at radius 1 is 1.25 bits per heavy atom. The molecule has 1 aromatic heterocycles. The molecule has 0 amide bonds. The normalized spacial score (nSPS) is 11.1. The first kappa shape index (κ1) is 10.9. The Kier molecular flexibility index (Phi) is 3.39. The van der Waals surface area contributed by atoms with Crippen molar-refractivity contribution in [1.29, 1.82) is 0 Å². The number of benzene rings is 1. The summed E-state index contributed by atoms with van der Waals surface area (Å²) in [4.78, 5) is 0.704. The van der Waals surface area contributed by atoms with Crippen LogP contribution in [-0.2, 0) is 6.54 Å². The molecule has 86 valence electrons. The van der Waals surface area contributed by atoms with Gasteiger partial charge in [-0.15, -0.1) is 9.53 Å². The second-order valence-corrected chi connectivity index (χ2v) is 4.03. The Bertz CT molecular complexity index is 464. The summed E-state index contributed by atoms with van der Waals surface area (Å²) in [5, 5.41) is 15.4. The Labute approximate surface area is 95.1 Å². The van der Waals surface area contributed by atoms with E-state index >= 15 is 0 Å². The molecule has 2 aromatic rings. The predicted octanol–water partition coefficient (Wildman–Crippen LogP) is 2.25. The van der Waals surface area contributed by atoms with Crippen LogP contribution in [0.15, 0.2) is 24.3 Å². The Morgan fingerprint density at radius 2 is 2.06 bits per heavy atom. The molecule has 0 unspecified atom stereocenters. The third-order valence-electron chi connectivity index (χ3n) is 2.78. The van der Waals surface area contributed by atoms with E-state index in [1.165, 1.54) is 19.3 Å². The smallest absolute Gasteiger partial charge is 0.202 e. The first-order valence-corrected chi connectivity index (χ1v) is 5.88. The van der Waals surface area contributed by atoms with Crippen LogP contribution in [0.3, 0.4) is 0 Å². The van der Waals surface area contributed by atoms with Crippen molar-refractivity contribution in [2.24, 2.45) is 0 Å². The molecule has 0 saturated carbocycles. The van der Waals surface area contributed by atoms with Gasteiger partial charge in [-0.2, -0.15) is 0 Å². The summed E-state index contributed by atoms with van der Waals surface area (Å²) in [5.74, 6) is 0. The minimum Gasteiger partial charge on any atom is -0.691 e. The number of fused-ring (bicyclic) bond motifs is 1. The van der Waals surface area contributed by atoms with Gasteiger partial charge in [0.1, 0.15) is 6.54 Å². The lowest BCUT2D eigenvalue weighted by Gasteiger charge is -1.95. The summed E-state index contributed by atoms with van der Waals surface area (Å²) in [7, 11) is 0. The van der Waals surface area contributed by atoms with Gasteiger partial charge >= 0.3 is 0 Å². The fraction of sp³-hybridized carbons (Fsp3) is 0.500. The van der Waals surface area contributed by atoms with Crippen LogP contribution in [-0.4, -0.2) is 9.90 Å². The lowest BCUT2D eigenvalue weighted by Crippen LogP contribution is -2.29. The van der Waals surface area contributed by atoms with Crippen LogP contribution in [0.2, 0.25) is 0 Å². The van der Waals surface area contributed by atoms with Crippen molar-refractivity contribution in [3.8, 4) is 0 Å². The van der Waals surface area contributed by atoms with E-state index in [9.17, 15) is 5.21 Å². The topological polar surface area (TPSA) is 44.8 Å². The maximum Gasteiger partial charge on any atom is 0.202 e. The largest absolute Gasteiger partial charge is 0.691 e. The van der Waals surface area contributed by atoms with Crippen LogP contribution >= 0.6 is 0 Å². The zero-order valence-electron chi connectivity index (χ0n) is 9.59. The molecule has 0 aliphatic carbocycles. The van der Waals surface area contributed by atoms with Crippen molar-refractivity contribution in [3.63, 3.8) is 0 Å². The van der Waals surface area contributed by atoms with Crippen molar-refractivity contribution in [2.45, 2.75) is 39.2 Å². The minimum absolute atomic E-state index is 0.651. The van der Waals surface area contributed by atoms with Crippen LogP contribution in [0.1, 0.15) is 32.6 Å². The van der Waals surface area contributed by atoms with Gasteiger partial charge in [0.25, 0.3) is 0 Å². The van der Waals surface area contributed by atoms with Gasteiger partial charge in [0.05, 0.1) is 5.21 Å². The van der Waals surface area contributed by atoms with E-state index in [1.807, 2.05) is 18.2 Å². The van der Waals surface area contributed by atoms with Gasteiger partial charge < -0.3 is 5.21 Å². The van der Waals surface area contributed by atoms with E-state index < -0.39 is 0 Å². The number of unbranched alkanes of at least 4 members (excludes halogenated alkanes) is 3. The van der Waals surface area contributed by atoms with Gasteiger partial charge in [-0.3, -0.25) is 0 Å². The van der Waals surface area contributed by atoms with Gasteiger partial charge in [0.2, 0.25) is 5.52 Å². The van der Waals surface area contributed by atoms with Crippen molar-refractivity contribution in [3.05, 3.63) is 29.5 Å². The quantitative estimate of drug-likeness (QED) is 0.440. The molecule has 0 spiro atoms. The summed E-state index contributed by atoms with van der Waals surface area (Å²) in [6.45, 7) is 3.02. The van der Waals surface area contributed by atoms with Gasteiger partial charge in [-0.1, -0.05) is 31.9 Å². The molecule has 0 N–H and O–H groups in total. The van der Waals surface area contributed by atoms with E-state index in [-0.39, 0.29) is 0 Å². The lowest BCUT2D eigenvalue weighted by atomic mass is 10.2. The average Bonchev–Trinajstić information content (AvgIpc) is 2.63. The zero-order chi connectivity index (χ0) is 11.4. The number of rotatable bonds is 5. The van der Waals surface area contributed by atoms with Crippen molar-refractivity contribution < 1.29 is 4.85 Å². The molecule has 0 atom stereocenters. The van der Waals surface area contributed by atoms with Gasteiger partial charge in [-0.05, 0) is 25.0 Å². The zero-order valence-corrected chi connectivity index (χ0v) is 9.59. The van der Waals surface area contributed by atoms with Gasteiger partial charge in [0, 0.05) is 0 Å². The SMILES string of the molecule is CCCCCCn1n[n+]([O-])c2ccccc21. The second kappa shape index (κ2) is 4.96. The highest BCUT2D eigenvalue weighted by Gasteiger charge is 2.12. The molecule has 1 heterocycles. The van der Waals surface area contributed by atoms with Gasteiger partial charge in [0.15, 0.2) is 5.52 Å². The highest BCUT2D eigenvalue weighted by Crippen LogP contribution is 2.10. The molecular weight excluding hydrogens is 202 g/mol. The van der Waals surface area contributed by atoms with Crippen molar-refractivity contribution >= 4 is 11.0 Å². The Hall–Kier alpha value is -1.58. The summed E-state index contributed by atoms with van der Waals surface area (Å²) in [6.07, 6.45) is 4.75. The van der Waals surface area contributed by atoms with E-state index in [0.717, 1.165) is 18.5 Å². The molecule has 4 heteroatoms. The summed E-state index contributed by atoms with van der Waals surface area (Å²) in [5.41, 5.74) is 1.58. The summed E-state index contributed by atoms with van der Waals surface area (Å²) in [6, 6.07) is 7.54. The first-order chi connectivity index (χ1) is 7.83. The van der Waals surface area contributed by atoms with Crippen LogP contribution < -0.4 is 4.85 Å². The third kappa shape index (κ3) is 2.15. The number of hydrogen-bond donors (Lipinski definition) is 0. The van der Waals surface area contributed by atoms with Gasteiger partial charge in [-0.25, -0.2) is 0 Å². The maximum atomic E-state index is 11.5. The van der Waals surface area contributed by atoms with Crippen molar-refractivity contribution in [2.75, 3.05) is 0 Å². The molecule has 0 bridgehead atoms. The molecule has 0 fully saturated rings. The third-order valence-corrected chi connectivity index (χ3v) is 2.78. The predicted molar refractivity (Wildman–Crippen MR) is 62.8 cm³/mol. The molecule has 0 aliphatic rings. The van der Waals surface area contributed by atoms with Crippen LogP contribution in [0, 0.1) is 5.21 Å². The highest BCUT2D eigenvalue weighted by atomic mass is 16.5. The number of para-hydroxylation sites is 2. The Balaban J connectivity index is 2.12. The molecule has 1 aromatic carbocycles. The monoisotopic (exact) mass is 219 g/mol. The van der Waals surface area contributed by atoms with E-state index in [0.29, 0.717) is 10.4 Å². The van der Waals surface area contributed by atoms with E-state index in [4.69, 9.17) is 0 Å². The van der Waals surface area contributed by atoms with Crippen LogP contribution in [0.4, 0.5) is 0 Å². The van der Waals surface area contributed by atoms with Crippen molar-refractivity contribution in [1.82, 2.24) is 9.90 Å². The molecule has 0 aliphatic heterocycles. The first-order valence-electron chi connectivity index (χ1n) is 5.88. The van der Waals surface area contributed by atoms with E-state index in [2.05, 4.69) is 12.1 Å². The minimum atomic E-state index is 0.651. The summed E-state index contributed by atoms with van der Waals surface area (Å²) >= 11 is 0. The molecule has 2 rings (SSSR count). The average molecular weight is 219 g/mol. The lowest BCUT2D eigenvalue weighted by molar-refractivity contribution is -0.646. The van der Waals surface area contributed by atoms with E-state index in [1.54, 1.807) is 10.7 Å².